The van der Waals surface area contributed by atoms with Crippen LogP contribution in [-0.4, -0.2) is 61.6 Å². The monoisotopic (exact) mass is 306 g/mol. The molecule has 0 aliphatic heterocycles. The Balaban J connectivity index is 1.92. The maximum atomic E-state index is 12.4. The molecule has 1 aliphatic carbocycles. The van der Waals surface area contributed by atoms with Crippen molar-refractivity contribution in [3.8, 4) is 0 Å². The summed E-state index contributed by atoms with van der Waals surface area (Å²) >= 11 is 1.70. The molecule has 1 aromatic rings. The molecule has 0 atom stereocenters. The number of benzene rings is 1. The minimum atomic E-state index is 0.207. The Bertz CT molecular complexity index is 480. The Morgan fingerprint density at radius 1 is 1.19 bits per heavy atom. The van der Waals surface area contributed by atoms with Crippen LogP contribution in [-0.2, 0) is 0 Å². The first-order valence-electron chi connectivity index (χ1n) is 7.50. The Hall–Kier alpha value is -0.840. The summed E-state index contributed by atoms with van der Waals surface area (Å²) in [6.45, 7) is 1.46. The number of hydrogen-bond donors (Lipinski definition) is 0. The molecular formula is C17H26N2OS. The Kier molecular flexibility index (Phi) is 5.47. The summed E-state index contributed by atoms with van der Waals surface area (Å²) in [6, 6.07) is 7.91. The molecule has 0 amide bonds. The third-order valence-electron chi connectivity index (χ3n) is 4.62. The molecule has 1 aliphatic rings. The van der Waals surface area contributed by atoms with Crippen molar-refractivity contribution in [2.24, 2.45) is 0 Å². The van der Waals surface area contributed by atoms with Gasteiger partial charge >= 0.3 is 0 Å². The zero-order valence-corrected chi connectivity index (χ0v) is 14.4. The van der Waals surface area contributed by atoms with Crippen LogP contribution in [0.4, 0.5) is 0 Å². The normalized spacial score (nSPS) is 17.0. The smallest absolute Gasteiger partial charge is 0.176 e. The summed E-state index contributed by atoms with van der Waals surface area (Å²) in [5.74, 6) is 0.207. The average molecular weight is 306 g/mol. The Morgan fingerprint density at radius 2 is 1.81 bits per heavy atom. The van der Waals surface area contributed by atoms with Crippen LogP contribution in [0.5, 0.6) is 0 Å². The van der Waals surface area contributed by atoms with Gasteiger partial charge in [-0.3, -0.25) is 9.69 Å². The topological polar surface area (TPSA) is 23.6 Å². The van der Waals surface area contributed by atoms with Crippen molar-refractivity contribution in [1.29, 1.82) is 0 Å². The van der Waals surface area contributed by atoms with Crippen molar-refractivity contribution in [3.63, 3.8) is 0 Å². The molecule has 2 rings (SSSR count). The maximum Gasteiger partial charge on any atom is 0.176 e. The quantitative estimate of drug-likeness (QED) is 0.571. The zero-order chi connectivity index (χ0) is 15.5. The molecule has 0 heterocycles. The van der Waals surface area contributed by atoms with Crippen LogP contribution in [0.1, 0.15) is 29.6 Å². The van der Waals surface area contributed by atoms with Gasteiger partial charge < -0.3 is 4.90 Å². The van der Waals surface area contributed by atoms with Gasteiger partial charge in [0, 0.05) is 22.5 Å². The lowest BCUT2D eigenvalue weighted by Crippen LogP contribution is -2.57. The fourth-order valence-corrected chi connectivity index (χ4v) is 3.41. The minimum Gasteiger partial charge on any atom is -0.302 e. The number of nitrogens with zero attached hydrogens (tertiary/aromatic N) is 2. The predicted octanol–water partition coefficient (Wildman–Crippen LogP) is 3.01. The molecule has 0 bridgehead atoms. The number of ketones is 1. The van der Waals surface area contributed by atoms with Crippen molar-refractivity contribution in [1.82, 2.24) is 9.80 Å². The molecule has 0 spiro atoms. The van der Waals surface area contributed by atoms with E-state index in [0.717, 1.165) is 12.1 Å². The molecule has 0 unspecified atom stereocenters. The van der Waals surface area contributed by atoms with E-state index in [9.17, 15) is 4.79 Å². The molecule has 1 saturated carbocycles. The van der Waals surface area contributed by atoms with Gasteiger partial charge in [0.2, 0.25) is 0 Å². The van der Waals surface area contributed by atoms with Gasteiger partial charge in [-0.05, 0) is 58.8 Å². The van der Waals surface area contributed by atoms with Crippen molar-refractivity contribution in [3.05, 3.63) is 29.8 Å². The second-order valence-electron chi connectivity index (χ2n) is 6.30. The third-order valence-corrected chi connectivity index (χ3v) is 5.37. The number of Topliss-reactive ketones (excluding diaryl/α,β-unsaturated/α-hetero) is 1. The highest BCUT2D eigenvalue weighted by atomic mass is 32.2. The van der Waals surface area contributed by atoms with Gasteiger partial charge in [0.1, 0.15) is 0 Å². The number of thioether (sulfide) groups is 1. The number of rotatable bonds is 7. The van der Waals surface area contributed by atoms with Gasteiger partial charge in [0.15, 0.2) is 5.78 Å². The summed E-state index contributed by atoms with van der Waals surface area (Å²) in [7, 11) is 6.35. The first-order chi connectivity index (χ1) is 9.97. The van der Waals surface area contributed by atoms with E-state index < -0.39 is 0 Å². The molecule has 4 heteroatoms. The Morgan fingerprint density at radius 3 is 2.24 bits per heavy atom. The highest BCUT2D eigenvalue weighted by Gasteiger charge is 2.39. The van der Waals surface area contributed by atoms with Crippen LogP contribution in [0.25, 0.3) is 0 Å². The largest absolute Gasteiger partial charge is 0.302 e. The van der Waals surface area contributed by atoms with Crippen LogP contribution < -0.4 is 0 Å². The van der Waals surface area contributed by atoms with E-state index in [0.29, 0.717) is 6.54 Å². The van der Waals surface area contributed by atoms with E-state index >= 15 is 0 Å². The van der Waals surface area contributed by atoms with Crippen molar-refractivity contribution in [2.45, 2.75) is 29.7 Å². The Labute approximate surface area is 132 Å². The molecule has 0 saturated heterocycles. The summed E-state index contributed by atoms with van der Waals surface area (Å²) in [4.78, 5) is 18.0. The molecule has 21 heavy (non-hydrogen) atoms. The van der Waals surface area contributed by atoms with E-state index in [1.54, 1.807) is 11.8 Å². The summed E-state index contributed by atoms with van der Waals surface area (Å²) in [6.07, 6.45) is 5.82. The van der Waals surface area contributed by atoms with Crippen molar-refractivity contribution in [2.75, 3.05) is 40.5 Å². The second kappa shape index (κ2) is 6.95. The number of carbonyl (C=O) groups excluding carboxylic acids is 1. The van der Waals surface area contributed by atoms with Gasteiger partial charge in [-0.15, -0.1) is 11.8 Å². The van der Waals surface area contributed by atoms with Crippen LogP contribution >= 0.6 is 11.8 Å². The first kappa shape index (κ1) is 16.5. The van der Waals surface area contributed by atoms with Gasteiger partial charge in [0.05, 0.1) is 6.54 Å². The van der Waals surface area contributed by atoms with Crippen molar-refractivity contribution < 1.29 is 4.79 Å². The second-order valence-corrected chi connectivity index (χ2v) is 7.18. The van der Waals surface area contributed by atoms with Crippen LogP contribution in [0.2, 0.25) is 0 Å². The molecule has 1 aromatic carbocycles. The van der Waals surface area contributed by atoms with E-state index in [-0.39, 0.29) is 11.3 Å². The summed E-state index contributed by atoms with van der Waals surface area (Å²) in [5, 5.41) is 0. The minimum absolute atomic E-state index is 0.207. The first-order valence-corrected chi connectivity index (χ1v) is 8.72. The summed E-state index contributed by atoms with van der Waals surface area (Å²) < 4.78 is 0. The molecule has 0 N–H and O–H groups in total. The SMILES string of the molecule is CSc1ccc(C(=O)CN(C)CC2(N(C)C)CCC2)cc1. The van der Waals surface area contributed by atoms with Crippen LogP contribution in [0.3, 0.4) is 0 Å². The van der Waals surface area contributed by atoms with Gasteiger partial charge in [0.25, 0.3) is 0 Å². The number of hydrogen-bond acceptors (Lipinski definition) is 4. The molecule has 3 nitrogen and oxygen atoms in total. The van der Waals surface area contributed by atoms with Gasteiger partial charge in [-0.25, -0.2) is 0 Å². The van der Waals surface area contributed by atoms with Crippen LogP contribution in [0, 0.1) is 0 Å². The average Bonchev–Trinajstić information content (AvgIpc) is 2.42. The highest BCUT2D eigenvalue weighted by Crippen LogP contribution is 2.36. The van der Waals surface area contributed by atoms with Crippen LogP contribution in [0.15, 0.2) is 29.2 Å². The number of carbonyl (C=O) groups is 1. The molecule has 0 radical (unpaired) electrons. The maximum absolute atomic E-state index is 12.4. The molecule has 116 valence electrons. The van der Waals surface area contributed by atoms with E-state index in [1.165, 1.54) is 24.2 Å². The molecular weight excluding hydrogens is 280 g/mol. The van der Waals surface area contributed by atoms with E-state index in [4.69, 9.17) is 0 Å². The molecule has 0 aromatic heterocycles. The summed E-state index contributed by atoms with van der Waals surface area (Å²) in [5.41, 5.74) is 1.09. The highest BCUT2D eigenvalue weighted by molar-refractivity contribution is 7.98. The lowest BCUT2D eigenvalue weighted by atomic mass is 9.75. The zero-order valence-electron chi connectivity index (χ0n) is 13.6. The number of likely N-dealkylation sites (N-methyl/N-ethyl adjacent to an activating group) is 2. The fraction of sp³-hybridized carbons (Fsp3) is 0.588. The standard InChI is InChI=1S/C17H26N2OS/c1-18(2)17(10-5-11-17)13-19(3)12-16(20)14-6-8-15(21-4)9-7-14/h6-9H,5,10-13H2,1-4H3. The van der Waals surface area contributed by atoms with E-state index in [2.05, 4.69) is 30.9 Å². The third kappa shape index (κ3) is 3.87. The van der Waals surface area contributed by atoms with Gasteiger partial charge in [-0.1, -0.05) is 12.1 Å². The predicted molar refractivity (Wildman–Crippen MR) is 90.3 cm³/mol. The van der Waals surface area contributed by atoms with E-state index in [1.807, 2.05) is 30.5 Å². The molecule has 1 fully saturated rings. The fourth-order valence-electron chi connectivity index (χ4n) is 3.00. The van der Waals surface area contributed by atoms with Crippen molar-refractivity contribution >= 4 is 17.5 Å². The van der Waals surface area contributed by atoms with Gasteiger partial charge in [-0.2, -0.15) is 0 Å². The lowest BCUT2D eigenvalue weighted by molar-refractivity contribution is 0.0280. The lowest BCUT2D eigenvalue weighted by Gasteiger charge is -2.49.